The maximum Gasteiger partial charge on any atom is 0.305 e. The number of carboxylic acids is 1. The van der Waals surface area contributed by atoms with Crippen LogP contribution in [0, 0.1) is 0 Å². The molecule has 1 heterocycles. The molecule has 0 radical (unpaired) electrons. The van der Waals surface area contributed by atoms with Gasteiger partial charge in [0, 0.05) is 18.7 Å². The zero-order valence-corrected chi connectivity index (χ0v) is 19.3. The number of imide groups is 1. The van der Waals surface area contributed by atoms with Crippen molar-refractivity contribution in [2.75, 3.05) is 64.3 Å². The van der Waals surface area contributed by atoms with Gasteiger partial charge in [0.05, 0.1) is 69.9 Å². The number of amides is 2. The van der Waals surface area contributed by atoms with Gasteiger partial charge >= 0.3 is 5.97 Å². The molecule has 0 fully saturated rings. The number of hydrogen-bond acceptors (Lipinski definition) is 9. The summed E-state index contributed by atoms with van der Waals surface area (Å²) in [6.07, 6.45) is 2.26. The standard InChI is InChI=1S/C21H28N2O10S/c24-19-5-6-20(25)23(19)17-1-3-18(4-2-17)34(28,29)22-8-10-31-12-14-33-16-15-32-13-11-30-9-7-21(26)27/h1-6,22H,7-16H2,(H,26,27). The average molecular weight is 501 g/mol. The van der Waals surface area contributed by atoms with E-state index in [-0.39, 0.29) is 43.4 Å². The number of carboxylic acid groups (broad SMARTS) is 1. The summed E-state index contributed by atoms with van der Waals surface area (Å²) in [5.41, 5.74) is 0.289. The highest BCUT2D eigenvalue weighted by molar-refractivity contribution is 7.89. The third-order valence-electron chi connectivity index (χ3n) is 4.33. The predicted octanol–water partition coefficient (Wildman–Crippen LogP) is -0.0646. The third kappa shape index (κ3) is 9.67. The van der Waals surface area contributed by atoms with Crippen LogP contribution in [-0.4, -0.2) is 90.7 Å². The molecule has 1 aliphatic rings. The first-order valence-corrected chi connectivity index (χ1v) is 12.0. The fraction of sp³-hybridized carbons (Fsp3) is 0.476. The van der Waals surface area contributed by atoms with Crippen LogP contribution < -0.4 is 9.62 Å². The summed E-state index contributed by atoms with van der Waals surface area (Å²) >= 11 is 0. The van der Waals surface area contributed by atoms with Crippen LogP contribution in [-0.2, 0) is 43.4 Å². The van der Waals surface area contributed by atoms with Gasteiger partial charge in [0.1, 0.15) is 0 Å². The number of anilines is 1. The molecule has 2 amide bonds. The molecular formula is C21H28N2O10S. The lowest BCUT2D eigenvalue weighted by Crippen LogP contribution is -2.30. The molecule has 2 rings (SSSR count). The van der Waals surface area contributed by atoms with Gasteiger partial charge in [0.2, 0.25) is 10.0 Å². The second kappa shape index (κ2) is 14.6. The monoisotopic (exact) mass is 500 g/mol. The van der Waals surface area contributed by atoms with Crippen LogP contribution in [0.1, 0.15) is 6.42 Å². The van der Waals surface area contributed by atoms with Crippen LogP contribution >= 0.6 is 0 Å². The van der Waals surface area contributed by atoms with Crippen LogP contribution in [0.15, 0.2) is 41.3 Å². The number of rotatable bonds is 18. The minimum Gasteiger partial charge on any atom is -0.481 e. The zero-order chi connectivity index (χ0) is 24.8. The Labute approximate surface area is 197 Å². The molecule has 188 valence electrons. The zero-order valence-electron chi connectivity index (χ0n) is 18.5. The topological polar surface area (TPSA) is 158 Å². The maximum atomic E-state index is 12.3. The lowest BCUT2D eigenvalue weighted by atomic mass is 10.3. The second-order valence-electron chi connectivity index (χ2n) is 6.83. The molecule has 0 saturated carbocycles. The van der Waals surface area contributed by atoms with Crippen molar-refractivity contribution in [3.05, 3.63) is 36.4 Å². The molecule has 0 atom stereocenters. The molecule has 0 aliphatic carbocycles. The average Bonchev–Trinajstić information content (AvgIpc) is 3.14. The van der Waals surface area contributed by atoms with E-state index in [1.807, 2.05) is 0 Å². The Morgan fingerprint density at radius 2 is 1.26 bits per heavy atom. The van der Waals surface area contributed by atoms with Crippen molar-refractivity contribution in [1.82, 2.24) is 4.72 Å². The summed E-state index contributed by atoms with van der Waals surface area (Å²) in [5.74, 6) is -1.87. The lowest BCUT2D eigenvalue weighted by molar-refractivity contribution is -0.138. The number of ether oxygens (including phenoxy) is 4. The van der Waals surface area contributed by atoms with Crippen molar-refractivity contribution in [2.24, 2.45) is 0 Å². The van der Waals surface area contributed by atoms with Crippen molar-refractivity contribution < 1.29 is 46.9 Å². The van der Waals surface area contributed by atoms with E-state index in [1.165, 1.54) is 24.3 Å². The Bertz CT molecular complexity index is 929. The number of carbonyl (C=O) groups is 3. The molecule has 1 aliphatic heterocycles. The molecule has 0 unspecified atom stereocenters. The Morgan fingerprint density at radius 1 is 0.794 bits per heavy atom. The Morgan fingerprint density at radius 3 is 1.76 bits per heavy atom. The molecule has 1 aromatic rings. The maximum absolute atomic E-state index is 12.3. The highest BCUT2D eigenvalue weighted by Gasteiger charge is 2.25. The molecule has 13 heteroatoms. The fourth-order valence-electron chi connectivity index (χ4n) is 2.68. The minimum absolute atomic E-state index is 0.000997. The molecule has 0 aromatic heterocycles. The third-order valence-corrected chi connectivity index (χ3v) is 5.81. The van der Waals surface area contributed by atoms with Gasteiger partial charge in [0.15, 0.2) is 0 Å². The summed E-state index contributed by atoms with van der Waals surface area (Å²) in [4.78, 5) is 34.6. The van der Waals surface area contributed by atoms with Crippen molar-refractivity contribution in [3.8, 4) is 0 Å². The van der Waals surface area contributed by atoms with Gasteiger partial charge in [-0.05, 0) is 24.3 Å². The number of nitrogens with one attached hydrogen (secondary N) is 1. The van der Waals surface area contributed by atoms with E-state index in [0.717, 1.165) is 17.1 Å². The largest absolute Gasteiger partial charge is 0.481 e. The quantitative estimate of drug-likeness (QED) is 0.207. The lowest BCUT2D eigenvalue weighted by Gasteiger charge is -2.14. The van der Waals surface area contributed by atoms with E-state index in [4.69, 9.17) is 24.1 Å². The van der Waals surface area contributed by atoms with Crippen LogP contribution in [0.3, 0.4) is 0 Å². The summed E-state index contributed by atoms with van der Waals surface area (Å²) < 4.78 is 48.1. The number of sulfonamides is 1. The number of aliphatic carboxylic acids is 1. The highest BCUT2D eigenvalue weighted by atomic mass is 32.2. The molecule has 0 saturated heterocycles. The van der Waals surface area contributed by atoms with Gasteiger partial charge in [0.25, 0.3) is 11.8 Å². The van der Waals surface area contributed by atoms with E-state index in [1.54, 1.807) is 0 Å². The Hall–Kier alpha value is -2.68. The second-order valence-corrected chi connectivity index (χ2v) is 8.60. The molecule has 12 nitrogen and oxygen atoms in total. The fourth-order valence-corrected chi connectivity index (χ4v) is 3.70. The van der Waals surface area contributed by atoms with E-state index >= 15 is 0 Å². The van der Waals surface area contributed by atoms with Crippen molar-refractivity contribution in [1.29, 1.82) is 0 Å². The number of benzene rings is 1. The van der Waals surface area contributed by atoms with Crippen molar-refractivity contribution >= 4 is 33.5 Å². The van der Waals surface area contributed by atoms with Crippen LogP contribution in [0.5, 0.6) is 0 Å². The summed E-state index contributed by atoms with van der Waals surface area (Å²) in [6, 6.07) is 5.41. The molecular weight excluding hydrogens is 472 g/mol. The van der Waals surface area contributed by atoms with Crippen LogP contribution in [0.25, 0.3) is 0 Å². The van der Waals surface area contributed by atoms with E-state index in [9.17, 15) is 22.8 Å². The SMILES string of the molecule is O=C(O)CCOCCOCCOCCOCCNS(=O)(=O)c1ccc(N2C(=O)C=CC2=O)cc1. The highest BCUT2D eigenvalue weighted by Crippen LogP contribution is 2.21. The van der Waals surface area contributed by atoms with Gasteiger partial charge in [-0.15, -0.1) is 0 Å². The number of carbonyl (C=O) groups excluding carboxylic acids is 2. The first-order chi connectivity index (χ1) is 16.3. The summed E-state index contributed by atoms with van der Waals surface area (Å²) in [7, 11) is -3.77. The minimum atomic E-state index is -3.77. The first kappa shape index (κ1) is 27.6. The van der Waals surface area contributed by atoms with Crippen molar-refractivity contribution in [2.45, 2.75) is 11.3 Å². The molecule has 0 bridgehead atoms. The number of nitrogens with zero attached hydrogens (tertiary/aromatic N) is 1. The first-order valence-electron chi connectivity index (χ1n) is 10.5. The summed E-state index contributed by atoms with van der Waals surface area (Å²) in [6.45, 7) is 2.31. The summed E-state index contributed by atoms with van der Waals surface area (Å²) in [5, 5.41) is 8.45. The predicted molar refractivity (Wildman–Crippen MR) is 119 cm³/mol. The van der Waals surface area contributed by atoms with Gasteiger partial charge in [-0.3, -0.25) is 14.4 Å². The normalized spacial score (nSPS) is 13.7. The van der Waals surface area contributed by atoms with Gasteiger partial charge < -0.3 is 24.1 Å². The van der Waals surface area contributed by atoms with Crippen molar-refractivity contribution in [3.63, 3.8) is 0 Å². The van der Waals surface area contributed by atoms with Gasteiger partial charge in [-0.2, -0.15) is 0 Å². The molecule has 34 heavy (non-hydrogen) atoms. The Balaban J connectivity index is 1.50. The van der Waals surface area contributed by atoms with E-state index in [2.05, 4.69) is 4.72 Å². The van der Waals surface area contributed by atoms with E-state index < -0.39 is 27.8 Å². The Kier molecular flexibility index (Phi) is 11.8. The van der Waals surface area contributed by atoms with Crippen LogP contribution in [0.4, 0.5) is 5.69 Å². The van der Waals surface area contributed by atoms with Gasteiger partial charge in [-0.1, -0.05) is 0 Å². The smallest absolute Gasteiger partial charge is 0.305 e. The van der Waals surface area contributed by atoms with Gasteiger partial charge in [-0.25, -0.2) is 18.0 Å². The number of hydrogen-bond donors (Lipinski definition) is 2. The molecule has 1 aromatic carbocycles. The van der Waals surface area contributed by atoms with E-state index in [0.29, 0.717) is 33.0 Å². The molecule has 0 spiro atoms. The molecule has 2 N–H and O–H groups in total. The van der Waals surface area contributed by atoms with Crippen LogP contribution in [0.2, 0.25) is 0 Å².